The van der Waals surface area contributed by atoms with Crippen LogP contribution in [0.3, 0.4) is 0 Å². The van der Waals surface area contributed by atoms with E-state index in [9.17, 15) is 9.59 Å². The summed E-state index contributed by atoms with van der Waals surface area (Å²) in [5, 5.41) is 9.54. The molecule has 0 aromatic heterocycles. The standard InChI is InChI=1S/C26H20ClN3O2/c1-17(29-30-26(32)24-11-5-7-18-6-2-3-10-23(18)24)20-8-4-9-22(16-20)28-25(31)19-12-14-21(27)15-13-19/h2-16H,1H3,(H,28,31)(H,30,32)/b29-17-. The van der Waals surface area contributed by atoms with E-state index < -0.39 is 0 Å². The fourth-order valence-electron chi connectivity index (χ4n) is 3.31. The van der Waals surface area contributed by atoms with Gasteiger partial charge in [-0.05, 0) is 65.7 Å². The summed E-state index contributed by atoms with van der Waals surface area (Å²) in [7, 11) is 0. The number of nitrogens with zero attached hydrogens (tertiary/aromatic N) is 1. The third-order valence-corrected chi connectivity index (χ3v) is 5.26. The molecule has 32 heavy (non-hydrogen) atoms. The van der Waals surface area contributed by atoms with Gasteiger partial charge in [-0.2, -0.15) is 5.10 Å². The summed E-state index contributed by atoms with van der Waals surface area (Å²) in [6, 6.07) is 27.2. The van der Waals surface area contributed by atoms with Crippen LogP contribution in [0.25, 0.3) is 10.8 Å². The smallest absolute Gasteiger partial charge is 0.272 e. The molecule has 6 heteroatoms. The van der Waals surface area contributed by atoms with Crippen molar-refractivity contribution in [3.05, 3.63) is 113 Å². The van der Waals surface area contributed by atoms with Crippen molar-refractivity contribution >= 4 is 45.6 Å². The van der Waals surface area contributed by atoms with E-state index in [1.54, 1.807) is 49.4 Å². The second-order valence-electron chi connectivity index (χ2n) is 7.21. The molecule has 4 rings (SSSR count). The monoisotopic (exact) mass is 441 g/mol. The summed E-state index contributed by atoms with van der Waals surface area (Å²) in [6.45, 7) is 1.80. The molecule has 0 aliphatic heterocycles. The highest BCUT2D eigenvalue weighted by atomic mass is 35.5. The number of nitrogens with one attached hydrogen (secondary N) is 2. The van der Waals surface area contributed by atoms with Gasteiger partial charge in [-0.1, -0.05) is 60.1 Å². The van der Waals surface area contributed by atoms with Crippen molar-refractivity contribution in [2.24, 2.45) is 5.10 Å². The zero-order valence-electron chi connectivity index (χ0n) is 17.3. The summed E-state index contributed by atoms with van der Waals surface area (Å²) in [6.07, 6.45) is 0. The number of benzene rings is 4. The minimum Gasteiger partial charge on any atom is -0.322 e. The molecule has 0 saturated heterocycles. The normalized spacial score (nSPS) is 11.2. The lowest BCUT2D eigenvalue weighted by molar-refractivity contribution is 0.0955. The van der Waals surface area contributed by atoms with E-state index in [0.717, 1.165) is 16.3 Å². The first-order chi connectivity index (χ1) is 15.5. The molecule has 2 N–H and O–H groups in total. The Labute approximate surface area is 190 Å². The summed E-state index contributed by atoms with van der Waals surface area (Å²) >= 11 is 5.88. The number of fused-ring (bicyclic) bond motifs is 1. The van der Waals surface area contributed by atoms with Crippen molar-refractivity contribution < 1.29 is 9.59 Å². The zero-order chi connectivity index (χ0) is 22.5. The van der Waals surface area contributed by atoms with E-state index in [1.165, 1.54) is 0 Å². The molecule has 4 aromatic carbocycles. The van der Waals surface area contributed by atoms with Crippen LogP contribution in [0.4, 0.5) is 5.69 Å². The van der Waals surface area contributed by atoms with E-state index in [4.69, 9.17) is 11.6 Å². The van der Waals surface area contributed by atoms with Gasteiger partial charge in [-0.25, -0.2) is 5.43 Å². The van der Waals surface area contributed by atoms with Crippen LogP contribution in [-0.4, -0.2) is 17.5 Å². The average Bonchev–Trinajstić information content (AvgIpc) is 2.82. The predicted octanol–water partition coefficient (Wildman–Crippen LogP) is 5.90. The van der Waals surface area contributed by atoms with E-state index in [-0.39, 0.29) is 11.8 Å². The number of halogens is 1. The average molecular weight is 442 g/mol. The molecule has 0 fully saturated rings. The van der Waals surface area contributed by atoms with Gasteiger partial charge < -0.3 is 5.32 Å². The number of hydrogen-bond acceptors (Lipinski definition) is 3. The fraction of sp³-hybridized carbons (Fsp3) is 0.0385. The second-order valence-corrected chi connectivity index (χ2v) is 7.64. The summed E-state index contributed by atoms with van der Waals surface area (Å²) in [4.78, 5) is 25.1. The lowest BCUT2D eigenvalue weighted by atomic mass is 10.0. The van der Waals surface area contributed by atoms with Crippen molar-refractivity contribution in [2.75, 3.05) is 5.32 Å². The van der Waals surface area contributed by atoms with Crippen molar-refractivity contribution in [3.8, 4) is 0 Å². The van der Waals surface area contributed by atoms with Crippen LogP contribution in [0.15, 0.2) is 96.1 Å². The number of amides is 2. The Hall–Kier alpha value is -3.96. The highest BCUT2D eigenvalue weighted by Crippen LogP contribution is 2.19. The van der Waals surface area contributed by atoms with Crippen molar-refractivity contribution in [1.29, 1.82) is 0 Å². The van der Waals surface area contributed by atoms with Gasteiger partial charge in [0.15, 0.2) is 0 Å². The van der Waals surface area contributed by atoms with E-state index in [0.29, 0.717) is 27.5 Å². The molecule has 158 valence electrons. The Bertz CT molecular complexity index is 1330. The molecule has 0 aliphatic carbocycles. The molecule has 0 heterocycles. The molecule has 0 aliphatic rings. The van der Waals surface area contributed by atoms with Crippen LogP contribution in [-0.2, 0) is 0 Å². The quantitative estimate of drug-likeness (QED) is 0.299. The maximum atomic E-state index is 12.7. The minimum absolute atomic E-state index is 0.238. The topological polar surface area (TPSA) is 70.6 Å². The number of carbonyl (C=O) groups is 2. The summed E-state index contributed by atoms with van der Waals surface area (Å²) in [5.74, 6) is -0.522. The fourth-order valence-corrected chi connectivity index (χ4v) is 3.44. The number of hydrogen-bond donors (Lipinski definition) is 2. The van der Waals surface area contributed by atoms with Gasteiger partial charge in [0, 0.05) is 21.8 Å². The van der Waals surface area contributed by atoms with Crippen molar-refractivity contribution in [3.63, 3.8) is 0 Å². The summed E-state index contributed by atoms with van der Waals surface area (Å²) in [5.41, 5.74) is 5.71. The first-order valence-electron chi connectivity index (χ1n) is 10.0. The summed E-state index contributed by atoms with van der Waals surface area (Å²) < 4.78 is 0. The van der Waals surface area contributed by atoms with Gasteiger partial charge >= 0.3 is 0 Å². The lowest BCUT2D eigenvalue weighted by Crippen LogP contribution is -2.19. The van der Waals surface area contributed by atoms with Crippen LogP contribution < -0.4 is 10.7 Å². The third-order valence-electron chi connectivity index (χ3n) is 5.00. The first kappa shape index (κ1) is 21.3. The largest absolute Gasteiger partial charge is 0.322 e. The molecule has 2 amide bonds. The lowest BCUT2D eigenvalue weighted by Gasteiger charge is -2.09. The van der Waals surface area contributed by atoms with Gasteiger partial charge in [-0.3, -0.25) is 9.59 Å². The molecule has 5 nitrogen and oxygen atoms in total. The van der Waals surface area contributed by atoms with Gasteiger partial charge in [0.1, 0.15) is 0 Å². The molecular weight excluding hydrogens is 422 g/mol. The number of anilines is 1. The van der Waals surface area contributed by atoms with E-state index in [1.807, 2.05) is 48.5 Å². The highest BCUT2D eigenvalue weighted by Gasteiger charge is 2.10. The maximum absolute atomic E-state index is 12.7. The molecule has 0 atom stereocenters. The predicted molar refractivity (Wildman–Crippen MR) is 129 cm³/mol. The molecule has 0 unspecified atom stereocenters. The molecule has 0 radical (unpaired) electrons. The highest BCUT2D eigenvalue weighted by molar-refractivity contribution is 6.30. The number of hydrazone groups is 1. The second kappa shape index (κ2) is 9.45. The molecular formula is C26H20ClN3O2. The molecule has 4 aromatic rings. The van der Waals surface area contributed by atoms with Crippen LogP contribution in [0.5, 0.6) is 0 Å². The van der Waals surface area contributed by atoms with Crippen LogP contribution in [0, 0.1) is 0 Å². The Kier molecular flexibility index (Phi) is 6.29. The number of carbonyl (C=O) groups excluding carboxylic acids is 2. The van der Waals surface area contributed by atoms with E-state index >= 15 is 0 Å². The molecule has 0 spiro atoms. The first-order valence-corrected chi connectivity index (χ1v) is 10.4. The number of rotatable bonds is 5. The van der Waals surface area contributed by atoms with Gasteiger partial charge in [-0.15, -0.1) is 0 Å². The van der Waals surface area contributed by atoms with Crippen LogP contribution >= 0.6 is 11.6 Å². The van der Waals surface area contributed by atoms with Crippen LogP contribution in [0.1, 0.15) is 33.2 Å². The Morgan fingerprint density at radius 1 is 0.781 bits per heavy atom. The van der Waals surface area contributed by atoms with Gasteiger partial charge in [0.25, 0.3) is 11.8 Å². The Morgan fingerprint density at radius 3 is 2.31 bits per heavy atom. The maximum Gasteiger partial charge on any atom is 0.272 e. The molecule has 0 bridgehead atoms. The Balaban J connectivity index is 1.48. The van der Waals surface area contributed by atoms with Gasteiger partial charge in [0.2, 0.25) is 0 Å². The zero-order valence-corrected chi connectivity index (χ0v) is 18.1. The SMILES string of the molecule is C/C(=N/NC(=O)c1cccc2ccccc12)c1cccc(NC(=O)c2ccc(Cl)cc2)c1. The van der Waals surface area contributed by atoms with Gasteiger partial charge in [0.05, 0.1) is 5.71 Å². The Morgan fingerprint density at radius 2 is 1.50 bits per heavy atom. The van der Waals surface area contributed by atoms with Crippen molar-refractivity contribution in [1.82, 2.24) is 5.43 Å². The third kappa shape index (κ3) is 4.85. The molecule has 0 saturated carbocycles. The van der Waals surface area contributed by atoms with Crippen LogP contribution in [0.2, 0.25) is 5.02 Å². The van der Waals surface area contributed by atoms with E-state index in [2.05, 4.69) is 15.8 Å². The van der Waals surface area contributed by atoms with Crippen molar-refractivity contribution in [2.45, 2.75) is 6.92 Å². The minimum atomic E-state index is -0.284.